The minimum Gasteiger partial charge on any atom is -0.391 e. The Morgan fingerprint density at radius 3 is 3.32 bits per heavy atom. The lowest BCUT2D eigenvalue weighted by Gasteiger charge is -2.22. The van der Waals surface area contributed by atoms with Crippen LogP contribution in [0.1, 0.15) is 35.6 Å². The molecule has 0 bridgehead atoms. The number of ether oxygens (including phenoxy) is 1. The smallest absolute Gasteiger partial charge is 0.227 e. The van der Waals surface area contributed by atoms with Crippen molar-refractivity contribution in [2.45, 2.75) is 37.7 Å². The van der Waals surface area contributed by atoms with Gasteiger partial charge in [0.2, 0.25) is 5.91 Å². The summed E-state index contributed by atoms with van der Waals surface area (Å²) in [7, 11) is 1.56. The maximum Gasteiger partial charge on any atom is 0.227 e. The second-order valence-corrected chi connectivity index (χ2v) is 5.93. The number of carbonyl (C=O) groups excluding carboxylic acids is 1. The average molecular weight is 283 g/mol. The number of methoxy groups -OCH3 is 1. The third-order valence-electron chi connectivity index (χ3n) is 3.50. The molecule has 106 valence electrons. The molecule has 1 aromatic rings. The van der Waals surface area contributed by atoms with E-state index in [1.54, 1.807) is 18.4 Å². The number of aryl methyl sites for hydroxylation is 1. The molecular weight excluding hydrogens is 262 g/mol. The molecule has 1 aromatic heterocycles. The molecule has 0 saturated heterocycles. The van der Waals surface area contributed by atoms with Gasteiger partial charge in [-0.3, -0.25) is 4.79 Å². The Morgan fingerprint density at radius 2 is 2.53 bits per heavy atom. The van der Waals surface area contributed by atoms with Crippen molar-refractivity contribution < 1.29 is 14.6 Å². The second kappa shape index (κ2) is 7.03. The van der Waals surface area contributed by atoms with E-state index < -0.39 is 6.10 Å². The molecule has 2 N–H and O–H groups in total. The van der Waals surface area contributed by atoms with Gasteiger partial charge in [0.1, 0.15) is 0 Å². The fourth-order valence-corrected chi connectivity index (χ4v) is 3.51. The Balaban J connectivity index is 1.82. The van der Waals surface area contributed by atoms with E-state index in [0.29, 0.717) is 19.6 Å². The molecule has 0 saturated carbocycles. The number of thiophene rings is 1. The average Bonchev–Trinajstić information content (AvgIpc) is 2.86. The highest BCUT2D eigenvalue weighted by molar-refractivity contribution is 7.10. The summed E-state index contributed by atoms with van der Waals surface area (Å²) in [5.41, 5.74) is 1.20. The van der Waals surface area contributed by atoms with Crippen molar-refractivity contribution in [2.75, 3.05) is 20.3 Å². The predicted molar refractivity (Wildman–Crippen MR) is 75.5 cm³/mol. The van der Waals surface area contributed by atoms with Gasteiger partial charge in [-0.2, -0.15) is 0 Å². The van der Waals surface area contributed by atoms with Crippen LogP contribution < -0.4 is 5.32 Å². The highest BCUT2D eigenvalue weighted by Gasteiger charge is 2.26. The summed E-state index contributed by atoms with van der Waals surface area (Å²) >= 11 is 1.75. The van der Waals surface area contributed by atoms with E-state index in [4.69, 9.17) is 4.74 Å². The predicted octanol–water partition coefficient (Wildman–Crippen LogP) is 1.68. The van der Waals surface area contributed by atoms with Crippen LogP contribution in [0.25, 0.3) is 0 Å². The molecule has 0 radical (unpaired) electrons. The van der Waals surface area contributed by atoms with Crippen molar-refractivity contribution in [1.29, 1.82) is 0 Å². The Labute approximate surface area is 117 Å². The number of hydrogen-bond acceptors (Lipinski definition) is 4. The van der Waals surface area contributed by atoms with Gasteiger partial charge in [-0.1, -0.05) is 0 Å². The van der Waals surface area contributed by atoms with Crippen LogP contribution in [0.2, 0.25) is 0 Å². The zero-order chi connectivity index (χ0) is 13.7. The van der Waals surface area contributed by atoms with E-state index in [-0.39, 0.29) is 11.8 Å². The fraction of sp³-hybridized carbons (Fsp3) is 0.643. The third kappa shape index (κ3) is 3.78. The highest BCUT2D eigenvalue weighted by atomic mass is 32.1. The molecule has 1 heterocycles. The van der Waals surface area contributed by atoms with Gasteiger partial charge in [-0.15, -0.1) is 11.3 Å². The van der Waals surface area contributed by atoms with Crippen LogP contribution in [0.4, 0.5) is 0 Å². The molecule has 19 heavy (non-hydrogen) atoms. The van der Waals surface area contributed by atoms with Crippen molar-refractivity contribution in [1.82, 2.24) is 5.32 Å². The number of rotatable bonds is 6. The van der Waals surface area contributed by atoms with Crippen LogP contribution in [0.5, 0.6) is 0 Å². The molecule has 1 aliphatic carbocycles. The lowest BCUT2D eigenvalue weighted by atomic mass is 9.87. The first-order chi connectivity index (χ1) is 9.22. The van der Waals surface area contributed by atoms with Crippen molar-refractivity contribution in [2.24, 2.45) is 0 Å². The normalized spacial score (nSPS) is 19.8. The van der Waals surface area contributed by atoms with Crippen LogP contribution in [-0.2, 0) is 16.0 Å². The van der Waals surface area contributed by atoms with Gasteiger partial charge in [0, 0.05) is 18.5 Å². The van der Waals surface area contributed by atoms with Gasteiger partial charge in [0.25, 0.3) is 0 Å². The third-order valence-corrected chi connectivity index (χ3v) is 4.50. The maximum atomic E-state index is 12.2. The Hall–Kier alpha value is -0.910. The standard InChI is InChI=1S/C14H21NO3S/c1-18-9-10(16)5-7-15-14(17)12-3-2-4-13-11(12)6-8-19-13/h6,8,10,12,16H,2-5,7,9H2,1H3,(H,15,17). The van der Waals surface area contributed by atoms with Gasteiger partial charge >= 0.3 is 0 Å². The number of fused-ring (bicyclic) bond motifs is 1. The van der Waals surface area contributed by atoms with E-state index in [9.17, 15) is 9.90 Å². The van der Waals surface area contributed by atoms with E-state index in [2.05, 4.69) is 16.8 Å². The van der Waals surface area contributed by atoms with Crippen LogP contribution in [0.3, 0.4) is 0 Å². The molecule has 1 aliphatic rings. The molecule has 0 fully saturated rings. The quantitative estimate of drug-likeness (QED) is 0.835. The molecular formula is C14H21NO3S. The molecule has 0 aliphatic heterocycles. The topological polar surface area (TPSA) is 58.6 Å². The fourth-order valence-electron chi connectivity index (χ4n) is 2.52. The van der Waals surface area contributed by atoms with Crippen LogP contribution in [0.15, 0.2) is 11.4 Å². The Kier molecular flexibility index (Phi) is 5.36. The summed E-state index contributed by atoms with van der Waals surface area (Å²) in [6.07, 6.45) is 3.13. The Morgan fingerprint density at radius 1 is 1.68 bits per heavy atom. The molecule has 2 unspecified atom stereocenters. The van der Waals surface area contributed by atoms with Crippen LogP contribution in [0, 0.1) is 0 Å². The molecule has 0 aromatic carbocycles. The molecule has 2 atom stereocenters. The van der Waals surface area contributed by atoms with Crippen LogP contribution in [-0.4, -0.2) is 37.4 Å². The summed E-state index contributed by atoms with van der Waals surface area (Å²) in [6.45, 7) is 0.813. The van der Waals surface area contributed by atoms with Gasteiger partial charge in [0.15, 0.2) is 0 Å². The lowest BCUT2D eigenvalue weighted by Crippen LogP contribution is -2.33. The minimum absolute atomic E-state index is 0.00503. The summed E-state index contributed by atoms with van der Waals surface area (Å²) in [6, 6.07) is 2.07. The summed E-state index contributed by atoms with van der Waals surface area (Å²) in [4.78, 5) is 13.5. The van der Waals surface area contributed by atoms with Crippen molar-refractivity contribution in [3.05, 3.63) is 21.9 Å². The van der Waals surface area contributed by atoms with E-state index in [1.165, 1.54) is 10.4 Å². The van der Waals surface area contributed by atoms with Gasteiger partial charge in [0.05, 0.1) is 18.6 Å². The van der Waals surface area contributed by atoms with E-state index in [1.807, 2.05) is 0 Å². The summed E-state index contributed by atoms with van der Waals surface area (Å²) in [5.74, 6) is 0.0820. The van der Waals surface area contributed by atoms with Gasteiger partial charge < -0.3 is 15.2 Å². The molecule has 4 nitrogen and oxygen atoms in total. The number of nitrogens with one attached hydrogen (secondary N) is 1. The number of aliphatic hydroxyl groups is 1. The summed E-state index contributed by atoms with van der Waals surface area (Å²) in [5, 5.41) is 14.5. The second-order valence-electron chi connectivity index (χ2n) is 4.93. The van der Waals surface area contributed by atoms with Crippen molar-refractivity contribution in [3.63, 3.8) is 0 Å². The van der Waals surface area contributed by atoms with Crippen molar-refractivity contribution >= 4 is 17.2 Å². The molecule has 5 heteroatoms. The summed E-state index contributed by atoms with van der Waals surface area (Å²) < 4.78 is 4.85. The number of hydrogen-bond donors (Lipinski definition) is 2. The van der Waals surface area contributed by atoms with E-state index in [0.717, 1.165) is 19.3 Å². The minimum atomic E-state index is -0.506. The lowest BCUT2D eigenvalue weighted by molar-refractivity contribution is -0.123. The highest BCUT2D eigenvalue weighted by Crippen LogP contribution is 2.34. The largest absolute Gasteiger partial charge is 0.391 e. The zero-order valence-corrected chi connectivity index (χ0v) is 12.0. The van der Waals surface area contributed by atoms with E-state index >= 15 is 0 Å². The van der Waals surface area contributed by atoms with Crippen LogP contribution >= 0.6 is 11.3 Å². The molecule has 0 spiro atoms. The van der Waals surface area contributed by atoms with Gasteiger partial charge in [-0.25, -0.2) is 0 Å². The first kappa shape index (κ1) is 14.5. The number of amides is 1. The first-order valence-electron chi connectivity index (χ1n) is 6.73. The van der Waals surface area contributed by atoms with Gasteiger partial charge in [-0.05, 0) is 42.7 Å². The van der Waals surface area contributed by atoms with Crippen molar-refractivity contribution in [3.8, 4) is 0 Å². The first-order valence-corrected chi connectivity index (χ1v) is 7.61. The Bertz CT molecular complexity index is 419. The SMILES string of the molecule is COCC(O)CCNC(=O)C1CCCc2sccc21. The number of aliphatic hydroxyl groups excluding tert-OH is 1. The monoisotopic (exact) mass is 283 g/mol. The number of carbonyl (C=O) groups is 1. The maximum absolute atomic E-state index is 12.2. The molecule has 1 amide bonds. The zero-order valence-electron chi connectivity index (χ0n) is 11.2. The molecule has 2 rings (SSSR count).